The van der Waals surface area contributed by atoms with Crippen LogP contribution in [0.3, 0.4) is 0 Å². The quantitative estimate of drug-likeness (QED) is 0.330. The van der Waals surface area contributed by atoms with Gasteiger partial charge in [-0.1, -0.05) is 0 Å². The Morgan fingerprint density at radius 1 is 1.08 bits per heavy atom. The Morgan fingerprint density at radius 2 is 1.86 bits per heavy atom. The molecule has 2 N–H and O–H groups in total. The van der Waals surface area contributed by atoms with Crippen LogP contribution in [-0.4, -0.2) is 42.9 Å². The van der Waals surface area contributed by atoms with Gasteiger partial charge in [-0.2, -0.15) is 19.1 Å². The van der Waals surface area contributed by atoms with Gasteiger partial charge in [-0.3, -0.25) is 4.98 Å². The van der Waals surface area contributed by atoms with Crippen LogP contribution in [0, 0.1) is 16.7 Å². The molecule has 4 aromatic rings. The molecule has 0 bridgehead atoms. The number of hydrogen-bond acceptors (Lipinski definition) is 9. The summed E-state index contributed by atoms with van der Waals surface area (Å²) in [6.45, 7) is 3.74. The van der Waals surface area contributed by atoms with Crippen molar-refractivity contribution in [2.45, 2.75) is 39.9 Å². The van der Waals surface area contributed by atoms with Gasteiger partial charge >= 0.3 is 6.61 Å². The molecule has 4 rings (SSSR count). The van der Waals surface area contributed by atoms with Crippen LogP contribution in [0.5, 0.6) is 11.6 Å². The lowest BCUT2D eigenvalue weighted by molar-refractivity contribution is -0.0528. The number of nitrogens with zero attached hydrogens (tertiary/aromatic N) is 6. The first-order valence-corrected chi connectivity index (χ1v) is 11.2. The molecule has 0 unspecified atom stereocenters. The topological polar surface area (TPSA) is 130 Å². The van der Waals surface area contributed by atoms with Crippen molar-refractivity contribution in [3.05, 3.63) is 54.7 Å². The van der Waals surface area contributed by atoms with E-state index in [1.165, 1.54) is 24.7 Å². The Hall–Kier alpha value is -4.37. The van der Waals surface area contributed by atoms with E-state index in [1.54, 1.807) is 56.6 Å². The molecule has 0 fully saturated rings. The van der Waals surface area contributed by atoms with E-state index in [2.05, 4.69) is 36.2 Å². The molecule has 0 spiro atoms. The average Bonchev–Trinajstić information content (AvgIpc) is 3.24. The number of alkyl halides is 2. The van der Waals surface area contributed by atoms with E-state index >= 15 is 0 Å². The summed E-state index contributed by atoms with van der Waals surface area (Å²) in [5, 5.41) is 26.9. The van der Waals surface area contributed by atoms with Crippen molar-refractivity contribution >= 4 is 17.2 Å². The number of pyridine rings is 2. The zero-order valence-electron chi connectivity index (χ0n) is 20.6. The fourth-order valence-electron chi connectivity index (χ4n) is 3.27. The van der Waals surface area contributed by atoms with Crippen LogP contribution in [0.25, 0.3) is 16.6 Å². The van der Waals surface area contributed by atoms with E-state index in [0.29, 0.717) is 39.7 Å². The predicted molar refractivity (Wildman–Crippen MR) is 131 cm³/mol. The third kappa shape index (κ3) is 6.25. The van der Waals surface area contributed by atoms with Crippen molar-refractivity contribution in [1.29, 1.82) is 5.26 Å². The normalized spacial score (nSPS) is 12.0. The average molecular weight is 510 g/mol. The van der Waals surface area contributed by atoms with Gasteiger partial charge in [0, 0.05) is 23.9 Å². The highest BCUT2D eigenvalue weighted by molar-refractivity contribution is 5.75. The first-order chi connectivity index (χ1) is 17.4. The van der Waals surface area contributed by atoms with Gasteiger partial charge in [0.2, 0.25) is 5.88 Å². The van der Waals surface area contributed by atoms with E-state index in [4.69, 9.17) is 4.74 Å². The minimum Gasteiger partial charge on any atom is -0.490 e. The molecule has 0 aromatic carbocycles. The molecule has 0 radical (unpaired) electrons. The smallest absolute Gasteiger partial charge is 0.388 e. The molecule has 0 aliphatic heterocycles. The number of anilines is 2. The van der Waals surface area contributed by atoms with Crippen molar-refractivity contribution in [3.8, 4) is 28.8 Å². The van der Waals surface area contributed by atoms with Crippen LogP contribution >= 0.6 is 0 Å². The van der Waals surface area contributed by atoms with E-state index in [0.717, 1.165) is 0 Å². The molecule has 0 amide bonds. The fourth-order valence-corrected chi connectivity index (χ4v) is 3.27. The number of ether oxygens (including phenoxy) is 2. The minimum absolute atomic E-state index is 0.0729. The lowest BCUT2D eigenvalue weighted by atomic mass is 9.97. The first kappa shape index (κ1) is 25.7. The molecule has 0 saturated heterocycles. The molecule has 0 aliphatic rings. The standard InChI is InChI=1S/C25H25F2N7O3/c1-24(2,13-28)14-36-18-10-31-22(37-23(26)27)9-17(18)15-5-6-34-16(7-15)8-20(33-34)32-21-12-29-19(11-30-21)25(3,4)35/h5-12,23,35H,14H2,1-4H3,(H,30,32,33). The SMILES string of the molecule is CC(C)(C#N)COc1cnc(OC(F)F)cc1-c1ccn2nc(Nc3cnc(C(C)(C)O)cn3)cc2c1. The molecule has 12 heteroatoms. The number of hydrogen-bond donors (Lipinski definition) is 2. The third-order valence-electron chi connectivity index (χ3n) is 5.25. The summed E-state index contributed by atoms with van der Waals surface area (Å²) >= 11 is 0. The highest BCUT2D eigenvalue weighted by Crippen LogP contribution is 2.34. The summed E-state index contributed by atoms with van der Waals surface area (Å²) in [6, 6.07) is 8.83. The van der Waals surface area contributed by atoms with Crippen LogP contribution in [0.1, 0.15) is 33.4 Å². The van der Waals surface area contributed by atoms with Gasteiger partial charge in [0.15, 0.2) is 5.82 Å². The lowest BCUT2D eigenvalue weighted by Crippen LogP contribution is -2.19. The van der Waals surface area contributed by atoms with Crippen LogP contribution in [0.4, 0.5) is 20.4 Å². The number of halogens is 2. The van der Waals surface area contributed by atoms with Crippen LogP contribution in [0.15, 0.2) is 49.1 Å². The molecule has 192 valence electrons. The Labute approximate surface area is 211 Å². The maximum atomic E-state index is 12.8. The number of aromatic nitrogens is 5. The number of nitrogens with one attached hydrogen (secondary N) is 1. The second-order valence-corrected chi connectivity index (χ2v) is 9.47. The molecule has 0 aliphatic carbocycles. The summed E-state index contributed by atoms with van der Waals surface area (Å²) in [7, 11) is 0. The summed E-state index contributed by atoms with van der Waals surface area (Å²) in [6.07, 6.45) is 5.98. The van der Waals surface area contributed by atoms with Gasteiger partial charge in [0.1, 0.15) is 23.8 Å². The monoisotopic (exact) mass is 509 g/mol. The Balaban J connectivity index is 1.64. The van der Waals surface area contributed by atoms with Gasteiger partial charge in [0.25, 0.3) is 0 Å². The third-order valence-corrected chi connectivity index (χ3v) is 5.25. The summed E-state index contributed by atoms with van der Waals surface area (Å²) in [4.78, 5) is 12.4. The summed E-state index contributed by atoms with van der Waals surface area (Å²) in [5.41, 5.74) is 0.356. The van der Waals surface area contributed by atoms with Crippen LogP contribution < -0.4 is 14.8 Å². The van der Waals surface area contributed by atoms with Crippen molar-refractivity contribution in [1.82, 2.24) is 24.6 Å². The number of aliphatic hydroxyl groups is 1. The summed E-state index contributed by atoms with van der Waals surface area (Å²) in [5.74, 6) is 0.983. The molecule has 4 heterocycles. The second-order valence-electron chi connectivity index (χ2n) is 9.47. The minimum atomic E-state index is -3.03. The van der Waals surface area contributed by atoms with E-state index in [9.17, 15) is 19.1 Å². The van der Waals surface area contributed by atoms with E-state index in [1.807, 2.05) is 0 Å². The molecule has 10 nitrogen and oxygen atoms in total. The van der Waals surface area contributed by atoms with Gasteiger partial charge in [-0.25, -0.2) is 14.5 Å². The van der Waals surface area contributed by atoms with Crippen molar-refractivity contribution in [2.75, 3.05) is 11.9 Å². The van der Waals surface area contributed by atoms with Gasteiger partial charge in [-0.15, -0.1) is 0 Å². The maximum Gasteiger partial charge on any atom is 0.388 e. The molecular formula is C25H25F2N7O3. The maximum absolute atomic E-state index is 12.8. The van der Waals surface area contributed by atoms with Crippen LogP contribution in [-0.2, 0) is 5.60 Å². The Kier molecular flexibility index (Phi) is 6.91. The lowest BCUT2D eigenvalue weighted by Gasteiger charge is -2.18. The molecule has 0 atom stereocenters. The van der Waals surface area contributed by atoms with Crippen molar-refractivity contribution in [3.63, 3.8) is 0 Å². The van der Waals surface area contributed by atoms with Crippen LogP contribution in [0.2, 0.25) is 0 Å². The number of rotatable bonds is 9. The van der Waals surface area contributed by atoms with Gasteiger partial charge in [-0.05, 0) is 45.4 Å². The number of nitriles is 1. The fraction of sp³-hybridized carbons (Fsp3) is 0.320. The predicted octanol–water partition coefficient (Wildman–Crippen LogP) is 4.69. The van der Waals surface area contributed by atoms with E-state index in [-0.39, 0.29) is 12.5 Å². The highest BCUT2D eigenvalue weighted by atomic mass is 19.3. The van der Waals surface area contributed by atoms with Crippen molar-refractivity contribution in [2.24, 2.45) is 5.41 Å². The zero-order valence-corrected chi connectivity index (χ0v) is 20.6. The largest absolute Gasteiger partial charge is 0.490 e. The second kappa shape index (κ2) is 9.94. The molecular weight excluding hydrogens is 484 g/mol. The van der Waals surface area contributed by atoms with Crippen molar-refractivity contribution < 1.29 is 23.4 Å². The highest BCUT2D eigenvalue weighted by Gasteiger charge is 2.21. The van der Waals surface area contributed by atoms with Gasteiger partial charge < -0.3 is 19.9 Å². The summed E-state index contributed by atoms with van der Waals surface area (Å²) < 4.78 is 37.6. The molecule has 4 aromatic heterocycles. The van der Waals surface area contributed by atoms with Gasteiger partial charge in [0.05, 0.1) is 41.3 Å². The first-order valence-electron chi connectivity index (χ1n) is 11.2. The Bertz CT molecular complexity index is 1440. The zero-order chi connectivity index (χ0) is 26.8. The molecule has 0 saturated carbocycles. The van der Waals surface area contributed by atoms with E-state index < -0.39 is 17.6 Å². The number of fused-ring (bicyclic) bond motifs is 1. The Morgan fingerprint density at radius 3 is 2.51 bits per heavy atom. The molecule has 37 heavy (non-hydrogen) atoms.